The molecule has 2 heterocycles. The molecule has 0 bridgehead atoms. The van der Waals surface area contributed by atoms with E-state index < -0.39 is 0 Å². The molecular formula is C12H20N4OS. The molecule has 1 unspecified atom stereocenters. The number of carbonyl (C=O) groups excluding carboxylic acids is 1. The highest BCUT2D eigenvalue weighted by atomic mass is 32.1. The normalized spacial score (nSPS) is 18.9. The number of hydrogen-bond donors (Lipinski definition) is 1. The topological polar surface area (TPSA) is 41.4 Å². The zero-order valence-corrected chi connectivity index (χ0v) is 11.8. The van der Waals surface area contributed by atoms with Crippen LogP contribution in [0.5, 0.6) is 0 Å². The lowest BCUT2D eigenvalue weighted by Crippen LogP contribution is -2.50. The molecule has 0 aliphatic carbocycles. The number of imidazole rings is 1. The highest BCUT2D eigenvalue weighted by Crippen LogP contribution is 2.10. The molecule has 0 saturated carbocycles. The molecule has 6 heteroatoms. The second-order valence-electron chi connectivity index (χ2n) is 4.68. The van der Waals surface area contributed by atoms with Crippen LogP contribution in [0.25, 0.3) is 0 Å². The van der Waals surface area contributed by atoms with Crippen molar-refractivity contribution in [3.63, 3.8) is 0 Å². The summed E-state index contributed by atoms with van der Waals surface area (Å²) in [5.41, 5.74) is 0. The Morgan fingerprint density at radius 2 is 2.11 bits per heavy atom. The predicted molar refractivity (Wildman–Crippen MR) is 73.5 cm³/mol. The molecule has 1 atom stereocenters. The van der Waals surface area contributed by atoms with Gasteiger partial charge in [0.1, 0.15) is 5.82 Å². The third-order valence-electron chi connectivity index (χ3n) is 3.43. The van der Waals surface area contributed by atoms with Crippen LogP contribution in [0, 0.1) is 0 Å². The van der Waals surface area contributed by atoms with Gasteiger partial charge in [0.25, 0.3) is 0 Å². The van der Waals surface area contributed by atoms with Crippen molar-refractivity contribution >= 4 is 18.5 Å². The summed E-state index contributed by atoms with van der Waals surface area (Å²) >= 11 is 4.42. The van der Waals surface area contributed by atoms with Crippen molar-refractivity contribution in [3.8, 4) is 0 Å². The molecule has 5 nitrogen and oxygen atoms in total. The van der Waals surface area contributed by atoms with Gasteiger partial charge in [-0.1, -0.05) is 0 Å². The fourth-order valence-corrected chi connectivity index (χ4v) is 2.39. The van der Waals surface area contributed by atoms with Crippen molar-refractivity contribution in [1.29, 1.82) is 0 Å². The molecule has 1 saturated heterocycles. The Morgan fingerprint density at radius 3 is 2.61 bits per heavy atom. The molecule has 0 radical (unpaired) electrons. The van der Waals surface area contributed by atoms with E-state index in [-0.39, 0.29) is 11.3 Å². The Morgan fingerprint density at radius 1 is 1.44 bits per heavy atom. The summed E-state index contributed by atoms with van der Waals surface area (Å²) in [6.07, 6.45) is 3.98. The van der Waals surface area contributed by atoms with Gasteiger partial charge in [-0.2, -0.15) is 12.6 Å². The van der Waals surface area contributed by atoms with E-state index in [4.69, 9.17) is 0 Å². The van der Waals surface area contributed by atoms with E-state index in [1.54, 1.807) is 6.20 Å². The van der Waals surface area contributed by atoms with Gasteiger partial charge in [0, 0.05) is 45.6 Å². The van der Waals surface area contributed by atoms with Gasteiger partial charge in [-0.05, 0) is 6.92 Å². The highest BCUT2D eigenvalue weighted by molar-refractivity contribution is 7.80. The van der Waals surface area contributed by atoms with Crippen LogP contribution < -0.4 is 0 Å². The third-order valence-corrected chi connectivity index (χ3v) is 3.75. The van der Waals surface area contributed by atoms with Gasteiger partial charge in [0.2, 0.25) is 5.91 Å². The molecule has 18 heavy (non-hydrogen) atoms. The van der Waals surface area contributed by atoms with Crippen molar-refractivity contribution in [3.05, 3.63) is 18.2 Å². The summed E-state index contributed by atoms with van der Waals surface area (Å²) in [6, 6.07) is 0. The number of piperazine rings is 1. The third kappa shape index (κ3) is 3.05. The van der Waals surface area contributed by atoms with E-state index in [0.717, 1.165) is 32.0 Å². The number of hydrogen-bond acceptors (Lipinski definition) is 4. The second-order valence-corrected chi connectivity index (χ2v) is 5.43. The van der Waals surface area contributed by atoms with Crippen molar-refractivity contribution in [2.45, 2.75) is 18.7 Å². The summed E-state index contributed by atoms with van der Waals surface area (Å²) < 4.78 is 1.89. The average Bonchev–Trinajstić information content (AvgIpc) is 2.75. The van der Waals surface area contributed by atoms with Crippen LogP contribution in [0.15, 0.2) is 12.4 Å². The van der Waals surface area contributed by atoms with Crippen LogP contribution in [0.4, 0.5) is 0 Å². The first kappa shape index (κ1) is 13.4. The number of nitrogens with zero attached hydrogens (tertiary/aromatic N) is 4. The first-order valence-electron chi connectivity index (χ1n) is 6.24. The van der Waals surface area contributed by atoms with Gasteiger partial charge in [-0.15, -0.1) is 0 Å². The van der Waals surface area contributed by atoms with E-state index in [9.17, 15) is 4.79 Å². The number of aryl methyl sites for hydroxylation is 1. The molecule has 2 rings (SSSR count). The van der Waals surface area contributed by atoms with Gasteiger partial charge in [-0.3, -0.25) is 9.69 Å². The SMILES string of the molecule is CC(S)N1CCN(C(=O)Cc2nccn2C)CC1. The van der Waals surface area contributed by atoms with Crippen LogP contribution in [0.3, 0.4) is 0 Å². The molecule has 1 aliphatic heterocycles. The van der Waals surface area contributed by atoms with Crippen molar-refractivity contribution in [2.75, 3.05) is 26.2 Å². The Balaban J connectivity index is 1.86. The van der Waals surface area contributed by atoms with Crippen LogP contribution in [-0.4, -0.2) is 56.8 Å². The smallest absolute Gasteiger partial charge is 0.230 e. The van der Waals surface area contributed by atoms with Crippen LogP contribution in [0.2, 0.25) is 0 Å². The first-order valence-corrected chi connectivity index (χ1v) is 6.75. The minimum Gasteiger partial charge on any atom is -0.340 e. The zero-order valence-electron chi connectivity index (χ0n) is 10.9. The largest absolute Gasteiger partial charge is 0.340 e. The summed E-state index contributed by atoms with van der Waals surface area (Å²) in [5, 5.41) is 0.261. The van der Waals surface area contributed by atoms with Crippen LogP contribution >= 0.6 is 12.6 Å². The maximum absolute atomic E-state index is 12.1. The molecule has 1 amide bonds. The van der Waals surface area contributed by atoms with Crippen molar-refractivity contribution in [2.24, 2.45) is 7.05 Å². The molecular weight excluding hydrogens is 248 g/mol. The molecule has 0 aromatic carbocycles. The second kappa shape index (κ2) is 5.75. The number of carbonyl (C=O) groups is 1. The van der Waals surface area contributed by atoms with Crippen LogP contribution in [0.1, 0.15) is 12.7 Å². The molecule has 0 N–H and O–H groups in total. The van der Waals surface area contributed by atoms with E-state index in [1.807, 2.05) is 22.7 Å². The molecule has 1 aromatic heterocycles. The number of aromatic nitrogens is 2. The summed E-state index contributed by atoms with van der Waals surface area (Å²) in [5.74, 6) is 0.987. The molecule has 1 aromatic rings. The molecule has 100 valence electrons. The number of amides is 1. The maximum atomic E-state index is 12.1. The quantitative estimate of drug-likeness (QED) is 0.806. The minimum atomic E-state index is 0.163. The Bertz CT molecular complexity index is 410. The zero-order chi connectivity index (χ0) is 13.1. The van der Waals surface area contributed by atoms with Crippen LogP contribution in [-0.2, 0) is 18.3 Å². The van der Waals surface area contributed by atoms with E-state index >= 15 is 0 Å². The lowest BCUT2D eigenvalue weighted by Gasteiger charge is -2.36. The minimum absolute atomic E-state index is 0.163. The number of thiol groups is 1. The van der Waals surface area contributed by atoms with Gasteiger partial charge in [0.05, 0.1) is 11.8 Å². The van der Waals surface area contributed by atoms with E-state index in [2.05, 4.69) is 29.4 Å². The average molecular weight is 268 g/mol. The van der Waals surface area contributed by atoms with Crippen molar-refractivity contribution in [1.82, 2.24) is 19.4 Å². The van der Waals surface area contributed by atoms with Gasteiger partial charge >= 0.3 is 0 Å². The Kier molecular flexibility index (Phi) is 4.29. The lowest BCUT2D eigenvalue weighted by atomic mass is 10.2. The van der Waals surface area contributed by atoms with Crippen molar-refractivity contribution < 1.29 is 4.79 Å². The monoisotopic (exact) mass is 268 g/mol. The fraction of sp³-hybridized carbons (Fsp3) is 0.667. The summed E-state index contributed by atoms with van der Waals surface area (Å²) in [4.78, 5) is 20.5. The van der Waals surface area contributed by atoms with Gasteiger partial charge < -0.3 is 9.47 Å². The van der Waals surface area contributed by atoms with Gasteiger partial charge in [-0.25, -0.2) is 4.98 Å². The van der Waals surface area contributed by atoms with E-state index in [0.29, 0.717) is 6.42 Å². The fourth-order valence-electron chi connectivity index (χ4n) is 2.16. The number of rotatable bonds is 3. The maximum Gasteiger partial charge on any atom is 0.230 e. The predicted octanol–water partition coefficient (Wildman–Crippen LogP) is 0.383. The highest BCUT2D eigenvalue weighted by Gasteiger charge is 2.23. The summed E-state index contributed by atoms with van der Waals surface area (Å²) in [7, 11) is 1.91. The van der Waals surface area contributed by atoms with Gasteiger partial charge in [0.15, 0.2) is 0 Å². The Labute approximate surface area is 113 Å². The molecule has 1 fully saturated rings. The molecule has 0 spiro atoms. The standard InChI is InChI=1S/C12H20N4OS/c1-10(18)15-5-7-16(8-6-15)12(17)9-11-13-3-4-14(11)2/h3-4,10,18H,5-9H2,1-2H3. The first-order chi connectivity index (χ1) is 8.58. The lowest BCUT2D eigenvalue weighted by molar-refractivity contribution is -0.132. The Hall–Kier alpha value is -1.01. The molecule has 1 aliphatic rings. The van der Waals surface area contributed by atoms with E-state index in [1.165, 1.54) is 0 Å². The summed E-state index contributed by atoms with van der Waals surface area (Å²) in [6.45, 7) is 5.44.